The second-order valence-corrected chi connectivity index (χ2v) is 6.93. The van der Waals surface area contributed by atoms with E-state index in [2.05, 4.69) is 0 Å². The summed E-state index contributed by atoms with van der Waals surface area (Å²) in [6.07, 6.45) is -0.455. The molecule has 2 aromatic rings. The molecule has 0 radical (unpaired) electrons. The van der Waals surface area contributed by atoms with Crippen LogP contribution in [0.15, 0.2) is 35.2 Å². The van der Waals surface area contributed by atoms with E-state index in [1.807, 2.05) is 4.72 Å². The molecule has 2 rings (SSSR count). The highest BCUT2D eigenvalue weighted by molar-refractivity contribution is 7.92. The zero-order chi connectivity index (χ0) is 20.4. The molecule has 2 aromatic carbocycles. The van der Waals surface area contributed by atoms with Crippen LogP contribution in [-0.4, -0.2) is 37.7 Å². The van der Waals surface area contributed by atoms with Crippen LogP contribution in [0.25, 0.3) is 0 Å². The summed E-state index contributed by atoms with van der Waals surface area (Å²) < 4.78 is 59.5. The molecule has 0 aliphatic heterocycles. The van der Waals surface area contributed by atoms with E-state index >= 15 is 0 Å². The van der Waals surface area contributed by atoms with Gasteiger partial charge in [0.05, 0.1) is 19.2 Å². The van der Waals surface area contributed by atoms with Crippen molar-refractivity contribution < 1.29 is 41.7 Å². The third kappa shape index (κ3) is 4.50. The summed E-state index contributed by atoms with van der Waals surface area (Å²) in [6, 6.07) is 4.66. The minimum absolute atomic E-state index is 0.125. The van der Waals surface area contributed by atoms with Crippen LogP contribution in [0.4, 0.5) is 14.5 Å². The first-order chi connectivity index (χ1) is 12.5. The van der Waals surface area contributed by atoms with Gasteiger partial charge in [-0.05, 0) is 29.8 Å². The Balaban J connectivity index is 2.47. The molecule has 0 saturated heterocycles. The van der Waals surface area contributed by atoms with Crippen molar-refractivity contribution in [3.63, 3.8) is 0 Å². The van der Waals surface area contributed by atoms with E-state index in [0.717, 1.165) is 6.07 Å². The van der Waals surface area contributed by atoms with E-state index in [1.54, 1.807) is 0 Å². The molecule has 0 saturated carbocycles. The molecule has 8 nitrogen and oxygen atoms in total. The van der Waals surface area contributed by atoms with Gasteiger partial charge in [0.15, 0.2) is 0 Å². The number of carboxylic acid groups (broad SMARTS) is 2. The number of ether oxygens (including phenoxy) is 1. The summed E-state index contributed by atoms with van der Waals surface area (Å²) in [5.74, 6) is -6.09. The van der Waals surface area contributed by atoms with Crippen molar-refractivity contribution in [2.24, 2.45) is 0 Å². The summed E-state index contributed by atoms with van der Waals surface area (Å²) in [5.41, 5.74) is -1.62. The number of anilines is 1. The highest BCUT2D eigenvalue weighted by Crippen LogP contribution is 2.28. The largest absolute Gasteiger partial charge is 0.495 e. The van der Waals surface area contributed by atoms with Crippen molar-refractivity contribution >= 4 is 27.6 Å². The fraction of sp³-hybridized carbons (Fsp3) is 0.125. The van der Waals surface area contributed by atoms with E-state index in [-0.39, 0.29) is 11.3 Å². The average Bonchev–Trinajstić information content (AvgIpc) is 2.52. The van der Waals surface area contributed by atoms with E-state index in [4.69, 9.17) is 14.9 Å². The third-order valence-corrected chi connectivity index (χ3v) is 4.78. The Labute approximate surface area is 152 Å². The molecule has 0 bridgehead atoms. The fourth-order valence-electron chi connectivity index (χ4n) is 2.26. The number of aliphatic carboxylic acids is 1. The standard InChI is InChI=1S/C16H13F2NO7S/c1-26-12-3-2-8(5-14(20)21)4-13(12)27(24,25)19-9-6-10(17)15(16(22)23)11(18)7-9/h2-4,6-7,19H,5H2,1H3,(H,20,21)(H,22,23). The molecule has 144 valence electrons. The lowest BCUT2D eigenvalue weighted by Gasteiger charge is -2.13. The SMILES string of the molecule is COc1ccc(CC(=O)O)cc1S(=O)(=O)Nc1cc(F)c(C(=O)O)c(F)c1. The smallest absolute Gasteiger partial charge is 0.341 e. The van der Waals surface area contributed by atoms with Gasteiger partial charge in [-0.25, -0.2) is 22.0 Å². The summed E-state index contributed by atoms with van der Waals surface area (Å²) in [4.78, 5) is 21.1. The van der Waals surface area contributed by atoms with Crippen LogP contribution in [0.5, 0.6) is 5.75 Å². The molecular weight excluding hydrogens is 388 g/mol. The number of carboxylic acids is 2. The Morgan fingerprint density at radius 2 is 1.70 bits per heavy atom. The number of nitrogens with one attached hydrogen (secondary N) is 1. The number of halogens is 2. The van der Waals surface area contributed by atoms with Crippen LogP contribution in [0.1, 0.15) is 15.9 Å². The lowest BCUT2D eigenvalue weighted by atomic mass is 10.1. The molecule has 27 heavy (non-hydrogen) atoms. The van der Waals surface area contributed by atoms with Gasteiger partial charge in [-0.2, -0.15) is 0 Å². The maximum Gasteiger partial charge on any atom is 0.341 e. The number of benzene rings is 2. The van der Waals surface area contributed by atoms with Gasteiger partial charge in [-0.1, -0.05) is 6.07 Å². The summed E-state index contributed by atoms with van der Waals surface area (Å²) in [5, 5.41) is 17.6. The number of carbonyl (C=O) groups is 2. The maximum atomic E-state index is 13.7. The van der Waals surface area contributed by atoms with E-state index in [1.165, 1.54) is 19.2 Å². The molecule has 0 heterocycles. The van der Waals surface area contributed by atoms with Gasteiger partial charge in [-0.3, -0.25) is 9.52 Å². The molecule has 0 aliphatic rings. The number of hydrogen-bond acceptors (Lipinski definition) is 5. The van der Waals surface area contributed by atoms with E-state index < -0.39 is 56.2 Å². The molecule has 3 N–H and O–H groups in total. The first-order valence-electron chi connectivity index (χ1n) is 7.19. The van der Waals surface area contributed by atoms with E-state index in [0.29, 0.717) is 12.1 Å². The van der Waals surface area contributed by atoms with Gasteiger partial charge in [0.1, 0.15) is 27.8 Å². The van der Waals surface area contributed by atoms with Crippen LogP contribution in [0, 0.1) is 11.6 Å². The van der Waals surface area contributed by atoms with Crippen LogP contribution in [0.3, 0.4) is 0 Å². The zero-order valence-corrected chi connectivity index (χ0v) is 14.5. The Morgan fingerprint density at radius 1 is 1.11 bits per heavy atom. The van der Waals surface area contributed by atoms with Crippen LogP contribution in [0.2, 0.25) is 0 Å². The van der Waals surface area contributed by atoms with Gasteiger partial charge in [-0.15, -0.1) is 0 Å². The highest BCUT2D eigenvalue weighted by atomic mass is 32.2. The summed E-state index contributed by atoms with van der Waals surface area (Å²) >= 11 is 0. The van der Waals surface area contributed by atoms with Gasteiger partial charge in [0, 0.05) is 0 Å². The minimum atomic E-state index is -4.43. The molecule has 0 spiro atoms. The molecule has 0 atom stereocenters. The Kier molecular flexibility index (Phi) is 5.64. The van der Waals surface area contributed by atoms with Crippen LogP contribution >= 0.6 is 0 Å². The van der Waals surface area contributed by atoms with Gasteiger partial charge in [0.2, 0.25) is 0 Å². The Bertz CT molecular complexity index is 998. The Morgan fingerprint density at radius 3 is 2.19 bits per heavy atom. The van der Waals surface area contributed by atoms with Crippen LogP contribution in [-0.2, 0) is 21.2 Å². The molecule has 11 heteroatoms. The van der Waals surface area contributed by atoms with Crippen molar-refractivity contribution in [2.75, 3.05) is 11.8 Å². The quantitative estimate of drug-likeness (QED) is 0.648. The first kappa shape index (κ1) is 20.1. The summed E-state index contributed by atoms with van der Waals surface area (Å²) in [7, 11) is -3.24. The van der Waals surface area contributed by atoms with Crippen molar-refractivity contribution in [3.05, 3.63) is 53.1 Å². The van der Waals surface area contributed by atoms with Crippen molar-refractivity contribution in [1.29, 1.82) is 0 Å². The van der Waals surface area contributed by atoms with Crippen molar-refractivity contribution in [1.82, 2.24) is 0 Å². The van der Waals surface area contributed by atoms with E-state index in [9.17, 15) is 26.8 Å². The molecule has 0 aromatic heterocycles. The lowest BCUT2D eigenvalue weighted by molar-refractivity contribution is -0.136. The zero-order valence-electron chi connectivity index (χ0n) is 13.7. The number of rotatable bonds is 7. The third-order valence-electron chi connectivity index (χ3n) is 3.38. The maximum absolute atomic E-state index is 13.7. The normalized spacial score (nSPS) is 11.1. The van der Waals surface area contributed by atoms with Gasteiger partial charge < -0.3 is 14.9 Å². The second kappa shape index (κ2) is 7.58. The monoisotopic (exact) mass is 401 g/mol. The van der Waals surface area contributed by atoms with Gasteiger partial charge in [0.25, 0.3) is 10.0 Å². The molecule has 0 amide bonds. The lowest BCUT2D eigenvalue weighted by Crippen LogP contribution is -2.16. The predicted molar refractivity (Wildman–Crippen MR) is 88.5 cm³/mol. The number of hydrogen-bond donors (Lipinski definition) is 3. The number of sulfonamides is 1. The van der Waals surface area contributed by atoms with Crippen molar-refractivity contribution in [2.45, 2.75) is 11.3 Å². The summed E-state index contributed by atoms with van der Waals surface area (Å²) in [6.45, 7) is 0. The predicted octanol–water partition coefficient (Wildman–Crippen LogP) is 2.10. The first-order valence-corrected chi connectivity index (χ1v) is 8.67. The van der Waals surface area contributed by atoms with Crippen molar-refractivity contribution in [3.8, 4) is 5.75 Å². The fourth-order valence-corrected chi connectivity index (χ4v) is 3.52. The Hall–Kier alpha value is -3.21. The van der Waals surface area contributed by atoms with Crippen LogP contribution < -0.4 is 9.46 Å². The molecular formula is C16H13F2NO7S. The minimum Gasteiger partial charge on any atom is -0.495 e. The molecule has 0 aliphatic carbocycles. The van der Waals surface area contributed by atoms with Gasteiger partial charge >= 0.3 is 11.9 Å². The number of methoxy groups -OCH3 is 1. The molecule has 0 fully saturated rings. The topological polar surface area (TPSA) is 130 Å². The average molecular weight is 401 g/mol. The second-order valence-electron chi connectivity index (χ2n) is 5.28. The highest BCUT2D eigenvalue weighted by Gasteiger charge is 2.23. The number of aromatic carboxylic acids is 1. The molecule has 0 unspecified atom stereocenters.